The van der Waals surface area contributed by atoms with E-state index in [-0.39, 0.29) is 0 Å². The molecule has 0 atom stereocenters. The molecule has 0 aliphatic carbocycles. The summed E-state index contributed by atoms with van der Waals surface area (Å²) in [6.07, 6.45) is 4.46. The Bertz CT molecular complexity index is 150. The molecule has 0 radical (unpaired) electrons. The van der Waals surface area contributed by atoms with Crippen molar-refractivity contribution in [2.24, 2.45) is 16.6 Å². The van der Waals surface area contributed by atoms with Gasteiger partial charge < -0.3 is 5.73 Å². The van der Waals surface area contributed by atoms with Gasteiger partial charge in [-0.25, -0.2) is 0 Å². The zero-order valence-electron chi connectivity index (χ0n) is 7.05. The lowest BCUT2D eigenvalue weighted by Crippen LogP contribution is -1.92. The van der Waals surface area contributed by atoms with Crippen molar-refractivity contribution in [2.45, 2.75) is 20.3 Å². The van der Waals surface area contributed by atoms with Crippen LogP contribution in [-0.4, -0.2) is 10.3 Å². The maximum Gasteiger partial charge on any atom is 0.0968 e. The third kappa shape index (κ3) is 7.84. The van der Waals surface area contributed by atoms with Gasteiger partial charge in [0.1, 0.15) is 0 Å². The molecule has 2 N–H and O–H groups in total. The van der Waals surface area contributed by atoms with Crippen molar-refractivity contribution < 1.29 is 0 Å². The van der Waals surface area contributed by atoms with Crippen LogP contribution in [0.2, 0.25) is 0 Å². The largest absolute Gasteiger partial charge is 0.405 e. The molecule has 0 aromatic heterocycles. The Labute approximate surface area is 82.1 Å². The first-order valence-electron chi connectivity index (χ1n) is 3.75. The number of nitrogens with two attached hydrogens (primary N) is 1. The maximum atomic E-state index is 5.19. The van der Waals surface area contributed by atoms with E-state index < -0.39 is 0 Å². The Kier molecular flexibility index (Phi) is 6.60. The minimum atomic E-state index is 0.727. The Morgan fingerprint density at radius 2 is 2.27 bits per heavy atom. The summed E-state index contributed by atoms with van der Waals surface area (Å²) in [4.78, 5) is 4.29. The van der Waals surface area contributed by atoms with Gasteiger partial charge in [-0.15, -0.1) is 0 Å². The van der Waals surface area contributed by atoms with Gasteiger partial charge in [-0.05, 0) is 47.2 Å². The summed E-state index contributed by atoms with van der Waals surface area (Å²) in [5, 5.41) is 0. The van der Waals surface area contributed by atoms with Crippen molar-refractivity contribution in [3.8, 4) is 0 Å². The second kappa shape index (κ2) is 6.64. The lowest BCUT2D eigenvalue weighted by Gasteiger charge is -1.99. The number of halogens is 1. The van der Waals surface area contributed by atoms with E-state index in [0.29, 0.717) is 0 Å². The number of hydrogen-bond donors (Lipinski definition) is 1. The lowest BCUT2D eigenvalue weighted by molar-refractivity contribution is 0.597. The third-order valence-corrected chi connectivity index (χ3v) is 1.90. The zero-order valence-corrected chi connectivity index (χ0v) is 9.21. The summed E-state index contributed by atoms with van der Waals surface area (Å²) >= 11 is 2.17. The number of rotatable bonds is 4. The van der Waals surface area contributed by atoms with E-state index in [2.05, 4.69) is 41.4 Å². The van der Waals surface area contributed by atoms with E-state index in [1.165, 1.54) is 6.20 Å². The predicted molar refractivity (Wildman–Crippen MR) is 59.1 cm³/mol. The summed E-state index contributed by atoms with van der Waals surface area (Å²) in [5.41, 5.74) is 5.19. The predicted octanol–water partition coefficient (Wildman–Crippen LogP) is 2.34. The smallest absolute Gasteiger partial charge is 0.0968 e. The van der Waals surface area contributed by atoms with E-state index in [9.17, 15) is 0 Å². The van der Waals surface area contributed by atoms with Crippen LogP contribution in [0.3, 0.4) is 0 Å². The van der Waals surface area contributed by atoms with E-state index in [1.54, 1.807) is 6.08 Å². The van der Waals surface area contributed by atoms with E-state index in [4.69, 9.17) is 5.73 Å². The van der Waals surface area contributed by atoms with Crippen molar-refractivity contribution in [3.63, 3.8) is 0 Å². The van der Waals surface area contributed by atoms with Crippen LogP contribution in [0.15, 0.2) is 17.3 Å². The SMILES string of the molecule is CC(C)CCN=C(I)C=CN. The third-order valence-electron chi connectivity index (χ3n) is 1.20. The molecule has 0 fully saturated rings. The fraction of sp³-hybridized carbons (Fsp3) is 0.625. The summed E-state index contributed by atoms with van der Waals surface area (Å²) < 4.78 is 0.978. The van der Waals surface area contributed by atoms with Gasteiger partial charge in [0.2, 0.25) is 0 Å². The molecule has 64 valence electrons. The van der Waals surface area contributed by atoms with Gasteiger partial charge >= 0.3 is 0 Å². The fourth-order valence-corrected chi connectivity index (χ4v) is 1.01. The standard InChI is InChI=1S/C8H15IN2/c1-7(2)4-6-11-8(9)3-5-10/h3,5,7H,4,6,10H2,1-2H3. The van der Waals surface area contributed by atoms with E-state index in [1.807, 2.05) is 0 Å². The number of allylic oxidation sites excluding steroid dienone is 1. The topological polar surface area (TPSA) is 38.4 Å². The normalized spacial score (nSPS) is 13.3. The molecular formula is C8H15IN2. The molecule has 0 unspecified atom stereocenters. The Hall–Kier alpha value is -0.0600. The van der Waals surface area contributed by atoms with Gasteiger partial charge in [-0.2, -0.15) is 0 Å². The van der Waals surface area contributed by atoms with Gasteiger partial charge in [0, 0.05) is 6.54 Å². The quantitative estimate of drug-likeness (QED) is 0.615. The average molecular weight is 266 g/mol. The summed E-state index contributed by atoms with van der Waals surface area (Å²) in [7, 11) is 0. The van der Waals surface area contributed by atoms with Gasteiger partial charge in [0.05, 0.1) is 3.72 Å². The summed E-state index contributed by atoms with van der Waals surface area (Å²) in [5.74, 6) is 0.727. The van der Waals surface area contributed by atoms with Crippen molar-refractivity contribution in [3.05, 3.63) is 12.3 Å². The van der Waals surface area contributed by atoms with Crippen molar-refractivity contribution >= 4 is 26.3 Å². The molecule has 0 bridgehead atoms. The first-order chi connectivity index (χ1) is 5.16. The maximum absolute atomic E-state index is 5.19. The van der Waals surface area contributed by atoms with E-state index >= 15 is 0 Å². The highest BCUT2D eigenvalue weighted by Crippen LogP contribution is 2.00. The highest BCUT2D eigenvalue weighted by Gasteiger charge is 1.91. The van der Waals surface area contributed by atoms with Gasteiger partial charge in [0.25, 0.3) is 0 Å². The minimum Gasteiger partial charge on any atom is -0.405 e. The first kappa shape index (κ1) is 10.9. The molecule has 0 heterocycles. The highest BCUT2D eigenvalue weighted by molar-refractivity contribution is 14.1. The van der Waals surface area contributed by atoms with E-state index in [0.717, 1.165) is 22.6 Å². The number of nitrogens with zero attached hydrogens (tertiary/aromatic N) is 1. The van der Waals surface area contributed by atoms with Crippen LogP contribution in [0.25, 0.3) is 0 Å². The van der Waals surface area contributed by atoms with Crippen LogP contribution in [0.1, 0.15) is 20.3 Å². The summed E-state index contributed by atoms with van der Waals surface area (Å²) in [6.45, 7) is 5.29. The van der Waals surface area contributed by atoms with Crippen LogP contribution >= 0.6 is 22.6 Å². The fourth-order valence-electron chi connectivity index (χ4n) is 0.562. The average Bonchev–Trinajstić information content (AvgIpc) is 1.87. The molecule has 3 heteroatoms. The van der Waals surface area contributed by atoms with Crippen molar-refractivity contribution in [1.82, 2.24) is 0 Å². The molecule has 0 aliphatic heterocycles. The van der Waals surface area contributed by atoms with Crippen LogP contribution in [0.4, 0.5) is 0 Å². The van der Waals surface area contributed by atoms with Gasteiger partial charge in [-0.3, -0.25) is 4.99 Å². The molecule has 11 heavy (non-hydrogen) atoms. The second-order valence-electron chi connectivity index (χ2n) is 2.75. The van der Waals surface area contributed by atoms with Crippen molar-refractivity contribution in [2.75, 3.05) is 6.54 Å². The molecule has 0 saturated heterocycles. The lowest BCUT2D eigenvalue weighted by atomic mass is 10.1. The number of hydrogen-bond acceptors (Lipinski definition) is 2. The first-order valence-corrected chi connectivity index (χ1v) is 4.83. The molecule has 0 rings (SSSR count). The Morgan fingerprint density at radius 1 is 1.64 bits per heavy atom. The molecule has 0 aromatic rings. The molecule has 0 spiro atoms. The van der Waals surface area contributed by atoms with Crippen LogP contribution in [-0.2, 0) is 0 Å². The monoisotopic (exact) mass is 266 g/mol. The Balaban J connectivity index is 3.56. The minimum absolute atomic E-state index is 0.727. The molecule has 0 saturated carbocycles. The molecule has 0 amide bonds. The number of aliphatic imine (C=N–C) groups is 1. The van der Waals surface area contributed by atoms with Crippen LogP contribution < -0.4 is 5.73 Å². The second-order valence-corrected chi connectivity index (χ2v) is 3.85. The van der Waals surface area contributed by atoms with Gasteiger partial charge in [-0.1, -0.05) is 13.8 Å². The summed E-state index contributed by atoms with van der Waals surface area (Å²) in [6, 6.07) is 0. The molecule has 2 nitrogen and oxygen atoms in total. The van der Waals surface area contributed by atoms with Crippen molar-refractivity contribution in [1.29, 1.82) is 0 Å². The highest BCUT2D eigenvalue weighted by atomic mass is 127. The van der Waals surface area contributed by atoms with Crippen LogP contribution in [0.5, 0.6) is 0 Å². The molecule has 0 aliphatic rings. The molecule has 0 aromatic carbocycles. The zero-order chi connectivity index (χ0) is 8.69. The van der Waals surface area contributed by atoms with Crippen LogP contribution in [0, 0.1) is 5.92 Å². The molecular weight excluding hydrogens is 251 g/mol. The Morgan fingerprint density at radius 3 is 2.73 bits per heavy atom. The van der Waals surface area contributed by atoms with Gasteiger partial charge in [0.15, 0.2) is 0 Å².